The number of ether oxygens (including phenoxy) is 4. The number of methoxy groups -OCH3 is 2. The summed E-state index contributed by atoms with van der Waals surface area (Å²) in [5.41, 5.74) is 1.70. The van der Waals surface area contributed by atoms with E-state index < -0.39 is 5.97 Å². The third-order valence-corrected chi connectivity index (χ3v) is 6.19. The molecule has 1 saturated heterocycles. The molecular weight excluding hydrogens is 472 g/mol. The van der Waals surface area contributed by atoms with Crippen molar-refractivity contribution in [3.63, 3.8) is 0 Å². The van der Waals surface area contributed by atoms with Crippen molar-refractivity contribution in [2.24, 2.45) is 0 Å². The fraction of sp³-hybridized carbons (Fsp3) is 0.462. The first-order chi connectivity index (χ1) is 16.9. The molecule has 190 valence electrons. The van der Waals surface area contributed by atoms with Crippen molar-refractivity contribution in [2.45, 2.75) is 39.3 Å². The Bertz CT molecular complexity index is 1010. The molecule has 0 spiro atoms. The first-order valence-corrected chi connectivity index (χ1v) is 12.1. The molecule has 1 aliphatic rings. The van der Waals surface area contributed by atoms with Crippen molar-refractivity contribution in [3.8, 4) is 17.2 Å². The molecule has 0 aliphatic carbocycles. The number of nitrogens with one attached hydrogen (secondary N) is 1. The zero-order valence-electron chi connectivity index (χ0n) is 20.7. The predicted molar refractivity (Wildman–Crippen MR) is 134 cm³/mol. The number of esters is 1. The molecule has 0 bridgehead atoms. The molecule has 0 unspecified atom stereocenters. The van der Waals surface area contributed by atoms with Crippen LogP contribution in [0.3, 0.4) is 0 Å². The van der Waals surface area contributed by atoms with Crippen molar-refractivity contribution < 1.29 is 28.5 Å². The second-order valence-corrected chi connectivity index (χ2v) is 8.62. The molecule has 1 fully saturated rings. The molecule has 1 N–H and O–H groups in total. The number of piperidine rings is 1. The maximum atomic E-state index is 12.9. The van der Waals surface area contributed by atoms with Crippen LogP contribution in [0.1, 0.15) is 53.0 Å². The van der Waals surface area contributed by atoms with Crippen LogP contribution in [0.2, 0.25) is 5.02 Å². The average Bonchev–Trinajstić information content (AvgIpc) is 2.87. The monoisotopic (exact) mass is 504 g/mol. The number of carbonyl (C=O) groups excluding carboxylic acids is 2. The van der Waals surface area contributed by atoms with E-state index in [0.717, 1.165) is 38.0 Å². The quantitative estimate of drug-likeness (QED) is 0.482. The Hall–Kier alpha value is -2.97. The molecule has 35 heavy (non-hydrogen) atoms. The van der Waals surface area contributed by atoms with Gasteiger partial charge in [0, 0.05) is 31.2 Å². The maximum absolute atomic E-state index is 12.9. The van der Waals surface area contributed by atoms with Gasteiger partial charge in [0.2, 0.25) is 0 Å². The molecular formula is C26H33ClN2O6. The SMILES string of the molecule is CCOc1cc(CN2CCC(NC(=O)c3cc(OC)cc(C(=O)OC)c3)CC2)cc(OCC)c1Cl. The third-order valence-electron chi connectivity index (χ3n) is 5.82. The van der Waals surface area contributed by atoms with Crippen molar-refractivity contribution in [1.29, 1.82) is 0 Å². The number of likely N-dealkylation sites (tertiary alicyclic amines) is 1. The van der Waals surface area contributed by atoms with Gasteiger partial charge in [-0.2, -0.15) is 0 Å². The van der Waals surface area contributed by atoms with E-state index in [1.807, 2.05) is 26.0 Å². The van der Waals surface area contributed by atoms with E-state index in [-0.39, 0.29) is 17.5 Å². The molecule has 2 aromatic carbocycles. The van der Waals surface area contributed by atoms with Crippen LogP contribution in [0.5, 0.6) is 17.2 Å². The van der Waals surface area contributed by atoms with E-state index in [0.29, 0.717) is 41.0 Å². The number of carbonyl (C=O) groups is 2. The number of rotatable bonds is 10. The summed E-state index contributed by atoms with van der Waals surface area (Å²) in [5, 5.41) is 3.58. The maximum Gasteiger partial charge on any atom is 0.338 e. The molecule has 1 heterocycles. The van der Waals surface area contributed by atoms with Gasteiger partial charge in [-0.15, -0.1) is 0 Å². The summed E-state index contributed by atoms with van der Waals surface area (Å²) in [6, 6.07) is 8.64. The van der Waals surface area contributed by atoms with Crippen LogP contribution in [0.4, 0.5) is 0 Å². The first-order valence-electron chi connectivity index (χ1n) is 11.8. The lowest BCUT2D eigenvalue weighted by Crippen LogP contribution is -2.44. The fourth-order valence-corrected chi connectivity index (χ4v) is 4.30. The highest BCUT2D eigenvalue weighted by Crippen LogP contribution is 2.36. The lowest BCUT2D eigenvalue weighted by Gasteiger charge is -2.32. The lowest BCUT2D eigenvalue weighted by molar-refractivity contribution is 0.0600. The fourth-order valence-electron chi connectivity index (χ4n) is 4.08. The minimum Gasteiger partial charge on any atom is -0.497 e. The van der Waals surface area contributed by atoms with Gasteiger partial charge in [0.15, 0.2) is 0 Å². The highest BCUT2D eigenvalue weighted by molar-refractivity contribution is 6.33. The van der Waals surface area contributed by atoms with Crippen molar-refractivity contribution in [3.05, 3.63) is 52.0 Å². The minimum atomic E-state index is -0.520. The summed E-state index contributed by atoms with van der Waals surface area (Å²) in [6.45, 7) is 7.27. The molecule has 8 nitrogen and oxygen atoms in total. The zero-order chi connectivity index (χ0) is 25.4. The molecule has 2 aromatic rings. The van der Waals surface area contributed by atoms with Crippen LogP contribution in [0, 0.1) is 0 Å². The molecule has 1 aliphatic heterocycles. The topological polar surface area (TPSA) is 86.3 Å². The first kappa shape index (κ1) is 26.6. The van der Waals surface area contributed by atoms with Crippen LogP contribution in [0.15, 0.2) is 30.3 Å². The van der Waals surface area contributed by atoms with Gasteiger partial charge < -0.3 is 24.3 Å². The van der Waals surface area contributed by atoms with Gasteiger partial charge >= 0.3 is 5.97 Å². The van der Waals surface area contributed by atoms with E-state index in [9.17, 15) is 9.59 Å². The van der Waals surface area contributed by atoms with Gasteiger partial charge in [-0.1, -0.05) is 11.6 Å². The van der Waals surface area contributed by atoms with Gasteiger partial charge in [-0.25, -0.2) is 4.79 Å². The Morgan fingerprint density at radius 1 is 0.971 bits per heavy atom. The number of amides is 1. The zero-order valence-corrected chi connectivity index (χ0v) is 21.4. The summed E-state index contributed by atoms with van der Waals surface area (Å²) >= 11 is 6.42. The summed E-state index contributed by atoms with van der Waals surface area (Å²) < 4.78 is 21.4. The predicted octanol–water partition coefficient (Wildman–Crippen LogP) is 4.33. The Morgan fingerprint density at radius 3 is 2.11 bits per heavy atom. The molecule has 0 saturated carbocycles. The molecule has 0 aromatic heterocycles. The Morgan fingerprint density at radius 2 is 1.57 bits per heavy atom. The normalized spacial score (nSPS) is 14.3. The van der Waals surface area contributed by atoms with Crippen LogP contribution >= 0.6 is 11.6 Å². The average molecular weight is 505 g/mol. The van der Waals surface area contributed by atoms with Crippen molar-refractivity contribution in [2.75, 3.05) is 40.5 Å². The molecule has 1 amide bonds. The molecule has 0 radical (unpaired) electrons. The van der Waals surface area contributed by atoms with Crippen LogP contribution in [-0.4, -0.2) is 63.3 Å². The van der Waals surface area contributed by atoms with Crippen LogP contribution in [0.25, 0.3) is 0 Å². The van der Waals surface area contributed by atoms with E-state index in [1.165, 1.54) is 20.3 Å². The van der Waals surface area contributed by atoms with E-state index in [4.69, 9.17) is 30.5 Å². The lowest BCUT2D eigenvalue weighted by atomic mass is 10.0. The van der Waals surface area contributed by atoms with E-state index in [2.05, 4.69) is 10.2 Å². The smallest absolute Gasteiger partial charge is 0.338 e. The van der Waals surface area contributed by atoms with Crippen LogP contribution < -0.4 is 19.5 Å². The Labute approximate surface area is 211 Å². The Kier molecular flexibility index (Phi) is 9.63. The number of nitrogens with zero attached hydrogens (tertiary/aromatic N) is 1. The van der Waals surface area contributed by atoms with Gasteiger partial charge in [-0.3, -0.25) is 9.69 Å². The number of hydrogen-bond donors (Lipinski definition) is 1. The van der Waals surface area contributed by atoms with Gasteiger partial charge in [0.1, 0.15) is 22.3 Å². The third kappa shape index (κ3) is 7.02. The number of halogens is 1. The number of benzene rings is 2. The summed E-state index contributed by atoms with van der Waals surface area (Å²) in [6.07, 6.45) is 1.62. The second-order valence-electron chi connectivity index (χ2n) is 8.24. The minimum absolute atomic E-state index is 0.0368. The van der Waals surface area contributed by atoms with Crippen molar-refractivity contribution >= 4 is 23.5 Å². The van der Waals surface area contributed by atoms with Gasteiger partial charge in [0.25, 0.3) is 5.91 Å². The summed E-state index contributed by atoms with van der Waals surface area (Å²) in [7, 11) is 2.79. The van der Waals surface area contributed by atoms with Crippen molar-refractivity contribution in [1.82, 2.24) is 10.2 Å². The summed E-state index contributed by atoms with van der Waals surface area (Å²) in [4.78, 5) is 27.1. The standard InChI is InChI=1S/C26H33ClN2O6/c1-5-34-22-11-17(12-23(24(22)27)35-6-2)16-29-9-7-20(8-10-29)28-25(30)18-13-19(26(31)33-4)15-21(14-18)32-3/h11-15,20H,5-10,16H2,1-4H3,(H,28,30). The highest BCUT2D eigenvalue weighted by Gasteiger charge is 2.23. The van der Waals surface area contributed by atoms with Gasteiger partial charge in [-0.05, 0) is 62.6 Å². The second kappa shape index (κ2) is 12.7. The largest absolute Gasteiger partial charge is 0.497 e. The van der Waals surface area contributed by atoms with Gasteiger partial charge in [0.05, 0.1) is 33.0 Å². The Balaban J connectivity index is 1.61. The molecule has 9 heteroatoms. The highest BCUT2D eigenvalue weighted by atomic mass is 35.5. The van der Waals surface area contributed by atoms with E-state index >= 15 is 0 Å². The van der Waals surface area contributed by atoms with E-state index in [1.54, 1.807) is 12.1 Å². The molecule has 3 rings (SSSR count). The molecule has 0 atom stereocenters. The summed E-state index contributed by atoms with van der Waals surface area (Å²) in [5.74, 6) is 0.916. The van der Waals surface area contributed by atoms with Crippen LogP contribution in [-0.2, 0) is 11.3 Å². The number of hydrogen-bond acceptors (Lipinski definition) is 7.